The van der Waals surface area contributed by atoms with Crippen molar-refractivity contribution in [3.63, 3.8) is 0 Å². The normalized spacial score (nSPS) is 16.4. The van der Waals surface area contributed by atoms with Crippen LogP contribution in [0.2, 0.25) is 0 Å². The zero-order chi connectivity index (χ0) is 11.9. The maximum absolute atomic E-state index is 5.45. The van der Waals surface area contributed by atoms with Crippen LogP contribution in [0.1, 0.15) is 53.9 Å². The lowest BCUT2D eigenvalue weighted by molar-refractivity contribution is 0.00913. The minimum Gasteiger partial charge on any atom is -0.379 e. The van der Waals surface area contributed by atoms with Gasteiger partial charge in [-0.25, -0.2) is 0 Å². The van der Waals surface area contributed by atoms with Gasteiger partial charge in [0.25, 0.3) is 0 Å². The second-order valence-corrected chi connectivity index (χ2v) is 5.02. The van der Waals surface area contributed by atoms with Gasteiger partial charge in [-0.05, 0) is 46.1 Å². The fourth-order valence-electron chi connectivity index (χ4n) is 1.93. The third-order valence-corrected chi connectivity index (χ3v) is 3.43. The molecule has 0 aromatic heterocycles. The summed E-state index contributed by atoms with van der Waals surface area (Å²) in [7, 11) is 1.80. The highest BCUT2D eigenvalue weighted by Gasteiger charge is 2.21. The van der Waals surface area contributed by atoms with Crippen molar-refractivity contribution in [2.75, 3.05) is 13.7 Å². The number of methoxy groups -OCH3 is 1. The van der Waals surface area contributed by atoms with Crippen LogP contribution in [-0.4, -0.2) is 25.3 Å². The van der Waals surface area contributed by atoms with E-state index >= 15 is 0 Å². The Hall–Kier alpha value is -0.0800. The van der Waals surface area contributed by atoms with E-state index in [2.05, 4.69) is 39.9 Å². The van der Waals surface area contributed by atoms with E-state index in [-0.39, 0.29) is 5.60 Å². The van der Waals surface area contributed by atoms with Crippen LogP contribution in [0, 0.1) is 5.92 Å². The molecule has 2 atom stereocenters. The summed E-state index contributed by atoms with van der Waals surface area (Å²) in [5.41, 5.74) is 0.0271. The van der Waals surface area contributed by atoms with Crippen molar-refractivity contribution in [3.05, 3.63) is 0 Å². The van der Waals surface area contributed by atoms with Crippen LogP contribution < -0.4 is 5.32 Å². The van der Waals surface area contributed by atoms with Gasteiger partial charge in [-0.3, -0.25) is 0 Å². The molecule has 0 radical (unpaired) electrons. The van der Waals surface area contributed by atoms with E-state index < -0.39 is 0 Å². The summed E-state index contributed by atoms with van der Waals surface area (Å²) in [4.78, 5) is 0. The molecule has 1 N–H and O–H groups in total. The highest BCUT2D eigenvalue weighted by Crippen LogP contribution is 2.23. The first kappa shape index (κ1) is 14.9. The lowest BCUT2D eigenvalue weighted by Crippen LogP contribution is -2.34. The quantitative estimate of drug-likeness (QED) is 0.671. The van der Waals surface area contributed by atoms with E-state index in [9.17, 15) is 0 Å². The zero-order valence-electron chi connectivity index (χ0n) is 11.4. The van der Waals surface area contributed by atoms with Gasteiger partial charge in [-0.2, -0.15) is 0 Å². The minimum atomic E-state index is 0.0271. The van der Waals surface area contributed by atoms with Crippen molar-refractivity contribution in [3.8, 4) is 0 Å². The lowest BCUT2D eigenvalue weighted by atomic mass is 9.88. The molecular weight excluding hydrogens is 186 g/mol. The van der Waals surface area contributed by atoms with Crippen LogP contribution in [0.15, 0.2) is 0 Å². The van der Waals surface area contributed by atoms with E-state index in [1.807, 2.05) is 0 Å². The smallest absolute Gasteiger partial charge is 0.0622 e. The van der Waals surface area contributed by atoms with Crippen LogP contribution in [0.4, 0.5) is 0 Å². The van der Waals surface area contributed by atoms with Gasteiger partial charge in [0.15, 0.2) is 0 Å². The molecule has 0 spiro atoms. The Morgan fingerprint density at radius 1 is 1.27 bits per heavy atom. The van der Waals surface area contributed by atoms with Gasteiger partial charge in [0, 0.05) is 13.2 Å². The predicted octanol–water partition coefficient (Wildman–Crippen LogP) is 3.22. The molecule has 2 unspecified atom stereocenters. The zero-order valence-corrected chi connectivity index (χ0v) is 11.4. The average Bonchev–Trinajstić information content (AvgIpc) is 2.19. The maximum Gasteiger partial charge on any atom is 0.0622 e. The van der Waals surface area contributed by atoms with E-state index in [0.717, 1.165) is 18.9 Å². The summed E-state index contributed by atoms with van der Waals surface area (Å²) >= 11 is 0. The Kier molecular flexibility index (Phi) is 7.20. The van der Waals surface area contributed by atoms with Crippen molar-refractivity contribution in [1.82, 2.24) is 5.32 Å². The predicted molar refractivity (Wildman–Crippen MR) is 67.2 cm³/mol. The SMILES string of the molecule is CCNC(C)C(CC)CCC(C)(C)OC. The van der Waals surface area contributed by atoms with Gasteiger partial charge >= 0.3 is 0 Å². The van der Waals surface area contributed by atoms with E-state index in [4.69, 9.17) is 4.74 Å². The fraction of sp³-hybridized carbons (Fsp3) is 1.00. The molecule has 0 aliphatic rings. The first-order valence-corrected chi connectivity index (χ1v) is 6.25. The summed E-state index contributed by atoms with van der Waals surface area (Å²) in [5, 5.41) is 3.51. The second-order valence-electron chi connectivity index (χ2n) is 5.02. The molecule has 0 bridgehead atoms. The van der Waals surface area contributed by atoms with Crippen molar-refractivity contribution < 1.29 is 4.74 Å². The number of nitrogens with one attached hydrogen (secondary N) is 1. The van der Waals surface area contributed by atoms with Crippen LogP contribution in [-0.2, 0) is 4.74 Å². The molecule has 0 aromatic rings. The van der Waals surface area contributed by atoms with Gasteiger partial charge in [0.05, 0.1) is 5.60 Å². The van der Waals surface area contributed by atoms with Gasteiger partial charge in [0.1, 0.15) is 0 Å². The van der Waals surface area contributed by atoms with Crippen LogP contribution in [0.3, 0.4) is 0 Å². The molecule has 0 rings (SSSR count). The monoisotopic (exact) mass is 215 g/mol. The molecule has 0 saturated carbocycles. The van der Waals surface area contributed by atoms with Crippen molar-refractivity contribution in [1.29, 1.82) is 0 Å². The van der Waals surface area contributed by atoms with E-state index in [0.29, 0.717) is 6.04 Å². The molecule has 0 aliphatic heterocycles. The summed E-state index contributed by atoms with van der Waals surface area (Å²) in [6.07, 6.45) is 3.62. The maximum atomic E-state index is 5.45. The summed E-state index contributed by atoms with van der Waals surface area (Å²) in [6, 6.07) is 0.618. The minimum absolute atomic E-state index is 0.0271. The highest BCUT2D eigenvalue weighted by atomic mass is 16.5. The Labute approximate surface area is 95.8 Å². The molecule has 0 saturated heterocycles. The Bertz CT molecular complexity index is 157. The van der Waals surface area contributed by atoms with Gasteiger partial charge in [-0.15, -0.1) is 0 Å². The number of hydrogen-bond acceptors (Lipinski definition) is 2. The number of hydrogen-bond donors (Lipinski definition) is 1. The molecule has 0 heterocycles. The number of ether oxygens (including phenoxy) is 1. The van der Waals surface area contributed by atoms with Crippen LogP contribution in [0.25, 0.3) is 0 Å². The Morgan fingerprint density at radius 2 is 1.87 bits per heavy atom. The molecule has 2 nitrogen and oxygen atoms in total. The second kappa shape index (κ2) is 7.24. The first-order chi connectivity index (χ1) is 6.96. The number of rotatable bonds is 8. The highest BCUT2D eigenvalue weighted by molar-refractivity contribution is 4.75. The lowest BCUT2D eigenvalue weighted by Gasteiger charge is -2.28. The molecule has 0 aliphatic carbocycles. The first-order valence-electron chi connectivity index (χ1n) is 6.25. The van der Waals surface area contributed by atoms with Crippen molar-refractivity contribution in [2.24, 2.45) is 5.92 Å². The Balaban J connectivity index is 3.99. The molecule has 15 heavy (non-hydrogen) atoms. The average molecular weight is 215 g/mol. The van der Waals surface area contributed by atoms with Crippen LogP contribution in [0.5, 0.6) is 0 Å². The Morgan fingerprint density at radius 3 is 2.27 bits per heavy atom. The third kappa shape index (κ3) is 6.16. The molecule has 0 aromatic carbocycles. The molecule has 0 fully saturated rings. The summed E-state index contributed by atoms with van der Waals surface area (Å²) in [6.45, 7) is 12.1. The van der Waals surface area contributed by atoms with E-state index in [1.165, 1.54) is 12.8 Å². The topological polar surface area (TPSA) is 21.3 Å². The summed E-state index contributed by atoms with van der Waals surface area (Å²) < 4.78 is 5.45. The van der Waals surface area contributed by atoms with E-state index in [1.54, 1.807) is 7.11 Å². The van der Waals surface area contributed by atoms with Crippen molar-refractivity contribution >= 4 is 0 Å². The standard InChI is InChI=1S/C13H29NO/c1-7-12(11(3)14-8-2)9-10-13(4,5)15-6/h11-12,14H,7-10H2,1-6H3. The molecule has 2 heteroatoms. The van der Waals surface area contributed by atoms with Gasteiger partial charge in [0.2, 0.25) is 0 Å². The molecular formula is C13H29NO. The van der Waals surface area contributed by atoms with Gasteiger partial charge < -0.3 is 10.1 Å². The van der Waals surface area contributed by atoms with Crippen LogP contribution >= 0.6 is 0 Å². The molecule has 92 valence electrons. The molecule has 0 amide bonds. The largest absolute Gasteiger partial charge is 0.379 e. The summed E-state index contributed by atoms with van der Waals surface area (Å²) in [5.74, 6) is 0.763. The van der Waals surface area contributed by atoms with Gasteiger partial charge in [-0.1, -0.05) is 20.3 Å². The van der Waals surface area contributed by atoms with Crippen molar-refractivity contribution in [2.45, 2.75) is 65.5 Å². The third-order valence-electron chi connectivity index (χ3n) is 3.43. The fourth-order valence-corrected chi connectivity index (χ4v) is 1.93.